The van der Waals surface area contributed by atoms with Gasteiger partial charge in [0, 0.05) is 11.1 Å². The van der Waals surface area contributed by atoms with Crippen molar-refractivity contribution in [3.8, 4) is 11.1 Å². The Morgan fingerprint density at radius 1 is 0.679 bits per heavy atom. The normalized spacial score (nSPS) is 10.1. The monoisotopic (exact) mass is 382 g/mol. The van der Waals surface area contributed by atoms with Crippen LogP contribution in [0, 0.1) is 0 Å². The Hall–Kier alpha value is -3.94. The van der Waals surface area contributed by atoms with E-state index in [9.17, 15) is 28.8 Å². The summed E-state index contributed by atoms with van der Waals surface area (Å²) < 4.78 is 0. The predicted octanol–water partition coefficient (Wildman–Crippen LogP) is 2.29. The van der Waals surface area contributed by atoms with E-state index in [1.807, 2.05) is 0 Å². The summed E-state index contributed by atoms with van der Waals surface area (Å²) >= 11 is 0. The van der Waals surface area contributed by atoms with Crippen LogP contribution < -0.4 is 0 Å². The highest BCUT2D eigenvalue weighted by molar-refractivity contribution is 6.13. The third-order valence-corrected chi connectivity index (χ3v) is 3.96. The van der Waals surface area contributed by atoms with Crippen molar-refractivity contribution in [2.24, 2.45) is 0 Å². The summed E-state index contributed by atoms with van der Waals surface area (Å²) in [7, 11) is 0. The molecule has 2 N–H and O–H groups in total. The van der Waals surface area contributed by atoms with Gasteiger partial charge in [-0.15, -0.1) is 0 Å². The molecule has 8 heteroatoms. The molecule has 0 aliphatic heterocycles. The fourth-order valence-electron chi connectivity index (χ4n) is 2.66. The van der Waals surface area contributed by atoms with Crippen LogP contribution in [-0.4, -0.2) is 46.3 Å². The Morgan fingerprint density at radius 3 is 1.32 bits per heavy atom. The standard InChI is InChI=1S/C20H14O8/c21-7-5-17(23)15-9-11(19(25)26)1-3-13(15)14-4-2-12(20(27)28)10-16(14)18(24)6-8-22/h1-4,7-10H,5-6H2,(H,25,26)(H,27,28). The van der Waals surface area contributed by atoms with Gasteiger partial charge >= 0.3 is 11.9 Å². The van der Waals surface area contributed by atoms with Crippen LogP contribution in [0.5, 0.6) is 0 Å². The van der Waals surface area contributed by atoms with Gasteiger partial charge in [-0.2, -0.15) is 0 Å². The predicted molar refractivity (Wildman–Crippen MR) is 95.8 cm³/mol. The number of hydrogen-bond donors (Lipinski definition) is 2. The SMILES string of the molecule is O=CCC(=O)c1cc(C(=O)O)ccc1-c1ccc(C(=O)O)cc1C(=O)CC=O. The second-order valence-electron chi connectivity index (χ2n) is 5.72. The Balaban J connectivity index is 2.78. The zero-order valence-corrected chi connectivity index (χ0v) is 14.4. The molecule has 142 valence electrons. The first-order valence-electron chi connectivity index (χ1n) is 7.98. The van der Waals surface area contributed by atoms with Gasteiger partial charge in [-0.3, -0.25) is 9.59 Å². The summed E-state index contributed by atoms with van der Waals surface area (Å²) in [6.07, 6.45) is -0.265. The van der Waals surface area contributed by atoms with Crippen molar-refractivity contribution in [2.45, 2.75) is 12.8 Å². The number of benzene rings is 2. The molecule has 0 amide bonds. The number of carboxylic acids is 2. The summed E-state index contributed by atoms with van der Waals surface area (Å²) in [5, 5.41) is 18.3. The number of aldehydes is 2. The van der Waals surface area contributed by atoms with Gasteiger partial charge in [-0.05, 0) is 35.4 Å². The molecule has 0 aliphatic carbocycles. The third-order valence-electron chi connectivity index (χ3n) is 3.96. The topological polar surface area (TPSA) is 143 Å². The molecular weight excluding hydrogens is 368 g/mol. The van der Waals surface area contributed by atoms with E-state index in [4.69, 9.17) is 10.2 Å². The molecule has 2 rings (SSSR count). The van der Waals surface area contributed by atoms with Gasteiger partial charge in [0.15, 0.2) is 11.6 Å². The van der Waals surface area contributed by atoms with Crippen LogP contribution in [0.2, 0.25) is 0 Å². The summed E-state index contributed by atoms with van der Waals surface area (Å²) in [6, 6.07) is 7.21. The first-order chi connectivity index (χ1) is 13.3. The largest absolute Gasteiger partial charge is 0.478 e. The van der Waals surface area contributed by atoms with Crippen molar-refractivity contribution in [3.63, 3.8) is 0 Å². The van der Waals surface area contributed by atoms with E-state index in [1.54, 1.807) is 0 Å². The van der Waals surface area contributed by atoms with Gasteiger partial charge in [0.25, 0.3) is 0 Å². The van der Waals surface area contributed by atoms with E-state index in [1.165, 1.54) is 24.3 Å². The maximum Gasteiger partial charge on any atom is 0.335 e. The molecule has 2 aromatic rings. The average Bonchev–Trinajstić information content (AvgIpc) is 2.67. The number of Topliss-reactive ketones (excluding diaryl/α,β-unsaturated/α-hetero) is 2. The summed E-state index contributed by atoms with van der Waals surface area (Å²) in [6.45, 7) is 0. The molecule has 0 spiro atoms. The molecule has 0 bridgehead atoms. The molecule has 0 heterocycles. The molecule has 0 aliphatic rings. The lowest BCUT2D eigenvalue weighted by Gasteiger charge is -2.14. The van der Waals surface area contributed by atoms with Crippen molar-refractivity contribution in [3.05, 3.63) is 58.7 Å². The van der Waals surface area contributed by atoms with Crippen LogP contribution in [0.25, 0.3) is 11.1 Å². The molecule has 0 radical (unpaired) electrons. The van der Waals surface area contributed by atoms with Gasteiger partial charge in [0.2, 0.25) is 0 Å². The van der Waals surface area contributed by atoms with E-state index >= 15 is 0 Å². The van der Waals surface area contributed by atoms with Crippen LogP contribution in [0.1, 0.15) is 54.3 Å². The third kappa shape index (κ3) is 4.24. The zero-order chi connectivity index (χ0) is 20.8. The van der Waals surface area contributed by atoms with Gasteiger partial charge in [-0.25, -0.2) is 9.59 Å². The Kier molecular flexibility index (Phi) is 6.28. The summed E-state index contributed by atoms with van der Waals surface area (Å²) in [5.41, 5.74) is -0.279. The molecule has 0 saturated heterocycles. The van der Waals surface area contributed by atoms with Gasteiger partial charge in [0.1, 0.15) is 12.6 Å². The minimum absolute atomic E-state index is 0.102. The van der Waals surface area contributed by atoms with Gasteiger partial charge in [-0.1, -0.05) is 12.1 Å². The highest BCUT2D eigenvalue weighted by Crippen LogP contribution is 2.30. The second-order valence-corrected chi connectivity index (χ2v) is 5.72. The quantitative estimate of drug-likeness (QED) is 0.382. The number of carboxylic acid groups (broad SMARTS) is 2. The Morgan fingerprint density at radius 2 is 1.04 bits per heavy atom. The maximum absolute atomic E-state index is 12.3. The molecule has 2 aromatic carbocycles. The van der Waals surface area contributed by atoms with Crippen LogP contribution in [0.4, 0.5) is 0 Å². The molecule has 0 unspecified atom stereocenters. The molecule has 0 saturated carbocycles. The van der Waals surface area contributed by atoms with E-state index in [2.05, 4.69) is 0 Å². The van der Waals surface area contributed by atoms with E-state index in [0.717, 1.165) is 12.1 Å². The molecular formula is C20H14O8. The Labute approximate surface area is 158 Å². The van der Waals surface area contributed by atoms with Crippen molar-refractivity contribution in [1.82, 2.24) is 0 Å². The Bertz CT molecular complexity index is 922. The number of rotatable bonds is 9. The first kappa shape index (κ1) is 20.4. The fraction of sp³-hybridized carbons (Fsp3) is 0.100. The molecule has 0 aromatic heterocycles. The van der Waals surface area contributed by atoms with E-state index in [0.29, 0.717) is 12.6 Å². The summed E-state index contributed by atoms with van der Waals surface area (Å²) in [4.78, 5) is 68.6. The summed E-state index contributed by atoms with van der Waals surface area (Å²) in [5.74, 6) is -3.90. The number of carbonyl (C=O) groups excluding carboxylic acids is 4. The van der Waals surface area contributed by atoms with E-state index < -0.39 is 36.3 Å². The van der Waals surface area contributed by atoms with Crippen molar-refractivity contribution < 1.29 is 39.0 Å². The van der Waals surface area contributed by atoms with Gasteiger partial charge < -0.3 is 19.8 Å². The highest BCUT2D eigenvalue weighted by Gasteiger charge is 2.21. The zero-order valence-electron chi connectivity index (χ0n) is 14.4. The minimum Gasteiger partial charge on any atom is -0.478 e. The molecule has 28 heavy (non-hydrogen) atoms. The van der Waals surface area contributed by atoms with Crippen LogP contribution >= 0.6 is 0 Å². The smallest absolute Gasteiger partial charge is 0.335 e. The lowest BCUT2D eigenvalue weighted by molar-refractivity contribution is -0.108. The number of aromatic carboxylic acids is 2. The lowest BCUT2D eigenvalue weighted by atomic mass is 9.88. The van der Waals surface area contributed by atoms with E-state index in [-0.39, 0.29) is 33.4 Å². The van der Waals surface area contributed by atoms with Crippen LogP contribution in [0.15, 0.2) is 36.4 Å². The van der Waals surface area contributed by atoms with Crippen molar-refractivity contribution in [1.29, 1.82) is 0 Å². The fourth-order valence-corrected chi connectivity index (χ4v) is 2.66. The molecule has 0 atom stereocenters. The van der Waals surface area contributed by atoms with Crippen molar-refractivity contribution in [2.75, 3.05) is 0 Å². The van der Waals surface area contributed by atoms with Gasteiger partial charge in [0.05, 0.1) is 24.0 Å². The van der Waals surface area contributed by atoms with Crippen LogP contribution in [-0.2, 0) is 9.59 Å². The first-order valence-corrected chi connectivity index (χ1v) is 7.98. The molecule has 8 nitrogen and oxygen atoms in total. The lowest BCUT2D eigenvalue weighted by Crippen LogP contribution is -2.09. The number of carbonyl (C=O) groups is 6. The molecule has 0 fully saturated rings. The highest BCUT2D eigenvalue weighted by atomic mass is 16.4. The minimum atomic E-state index is -1.29. The second kappa shape index (κ2) is 8.63. The maximum atomic E-state index is 12.3. The van der Waals surface area contributed by atoms with Crippen molar-refractivity contribution >= 4 is 36.1 Å². The van der Waals surface area contributed by atoms with Crippen LogP contribution in [0.3, 0.4) is 0 Å². The number of hydrogen-bond acceptors (Lipinski definition) is 6. The average molecular weight is 382 g/mol. The number of ketones is 2.